The molecule has 2 nitrogen and oxygen atoms in total. The van der Waals surface area contributed by atoms with Gasteiger partial charge in [-0.05, 0) is 24.1 Å². The minimum atomic E-state index is -1.07. The Morgan fingerprint density at radius 3 is 2.53 bits per heavy atom. The molecule has 0 spiro atoms. The third-order valence-corrected chi connectivity index (χ3v) is 2.27. The van der Waals surface area contributed by atoms with Crippen molar-refractivity contribution in [3.8, 4) is 6.07 Å². The van der Waals surface area contributed by atoms with Crippen molar-refractivity contribution in [2.75, 3.05) is 0 Å². The molecule has 0 aliphatic rings. The first kappa shape index (κ1) is 11.6. The zero-order chi connectivity index (χ0) is 11.4. The number of hydrogen-bond acceptors (Lipinski definition) is 2. The molecule has 2 unspecified atom stereocenters. The minimum absolute atomic E-state index is 0.224. The van der Waals surface area contributed by atoms with Crippen LogP contribution in [0.1, 0.15) is 25.0 Å². The summed E-state index contributed by atoms with van der Waals surface area (Å²) in [5.41, 5.74) is 0.224. The molecule has 0 bridgehead atoms. The standard InChI is InChI=1S/C11H11F2NO/c1-2-7(6-14)11(15)8-3-4-9(12)10(13)5-8/h3-5,7,11,15H,2H2,1H3. The lowest BCUT2D eigenvalue weighted by molar-refractivity contribution is 0.132. The molecule has 2 atom stereocenters. The van der Waals surface area contributed by atoms with Crippen molar-refractivity contribution in [1.82, 2.24) is 0 Å². The van der Waals surface area contributed by atoms with E-state index in [9.17, 15) is 13.9 Å². The van der Waals surface area contributed by atoms with Crippen molar-refractivity contribution in [2.45, 2.75) is 19.4 Å². The van der Waals surface area contributed by atoms with Crippen LogP contribution in [-0.2, 0) is 0 Å². The SMILES string of the molecule is CCC(C#N)C(O)c1ccc(F)c(F)c1. The number of aliphatic hydroxyl groups is 1. The third-order valence-electron chi connectivity index (χ3n) is 2.27. The lowest BCUT2D eigenvalue weighted by atomic mass is 9.95. The number of hydrogen-bond donors (Lipinski definition) is 1. The summed E-state index contributed by atoms with van der Waals surface area (Å²) in [5, 5.41) is 18.4. The van der Waals surface area contributed by atoms with E-state index in [2.05, 4.69) is 0 Å². The van der Waals surface area contributed by atoms with Crippen molar-refractivity contribution in [2.24, 2.45) is 5.92 Å². The first-order valence-electron chi connectivity index (χ1n) is 4.62. The Hall–Kier alpha value is -1.47. The van der Waals surface area contributed by atoms with Gasteiger partial charge in [0.05, 0.1) is 18.1 Å². The summed E-state index contributed by atoms with van der Waals surface area (Å²) in [6, 6.07) is 5.06. The molecule has 0 aliphatic heterocycles. The number of rotatable bonds is 3. The number of aliphatic hydroxyl groups excluding tert-OH is 1. The summed E-state index contributed by atoms with van der Waals surface area (Å²) in [6.07, 6.45) is -0.619. The molecule has 1 aromatic carbocycles. The highest BCUT2D eigenvalue weighted by atomic mass is 19.2. The van der Waals surface area contributed by atoms with Gasteiger partial charge in [0.1, 0.15) is 0 Å². The van der Waals surface area contributed by atoms with E-state index < -0.39 is 23.7 Å². The molecule has 1 N–H and O–H groups in total. The molecular weight excluding hydrogens is 200 g/mol. The second-order valence-electron chi connectivity index (χ2n) is 3.26. The third kappa shape index (κ3) is 2.51. The van der Waals surface area contributed by atoms with Gasteiger partial charge in [0.15, 0.2) is 11.6 Å². The van der Waals surface area contributed by atoms with Crippen LogP contribution in [0.5, 0.6) is 0 Å². The van der Waals surface area contributed by atoms with Gasteiger partial charge < -0.3 is 5.11 Å². The summed E-state index contributed by atoms with van der Waals surface area (Å²) in [6.45, 7) is 1.75. The van der Waals surface area contributed by atoms with Crippen molar-refractivity contribution in [3.05, 3.63) is 35.4 Å². The van der Waals surface area contributed by atoms with E-state index in [1.54, 1.807) is 6.92 Å². The van der Waals surface area contributed by atoms with Gasteiger partial charge in [-0.1, -0.05) is 13.0 Å². The maximum atomic E-state index is 12.8. The van der Waals surface area contributed by atoms with Crippen molar-refractivity contribution in [1.29, 1.82) is 5.26 Å². The molecular formula is C11H11F2NO. The van der Waals surface area contributed by atoms with Crippen LogP contribution in [0.25, 0.3) is 0 Å². The highest BCUT2D eigenvalue weighted by Crippen LogP contribution is 2.25. The fourth-order valence-electron chi connectivity index (χ4n) is 1.31. The Balaban J connectivity index is 2.97. The molecule has 0 fully saturated rings. The van der Waals surface area contributed by atoms with Crippen LogP contribution in [0.3, 0.4) is 0 Å². The summed E-state index contributed by atoms with van der Waals surface area (Å²) in [4.78, 5) is 0. The van der Waals surface area contributed by atoms with E-state index in [0.29, 0.717) is 6.42 Å². The summed E-state index contributed by atoms with van der Waals surface area (Å²) >= 11 is 0. The van der Waals surface area contributed by atoms with E-state index in [1.807, 2.05) is 6.07 Å². The van der Waals surface area contributed by atoms with Crippen LogP contribution < -0.4 is 0 Å². The van der Waals surface area contributed by atoms with Gasteiger partial charge in [-0.25, -0.2) is 8.78 Å². The van der Waals surface area contributed by atoms with Gasteiger partial charge in [-0.3, -0.25) is 0 Å². The van der Waals surface area contributed by atoms with Gasteiger partial charge in [-0.2, -0.15) is 5.26 Å². The fourth-order valence-corrected chi connectivity index (χ4v) is 1.31. The molecule has 0 heterocycles. The van der Waals surface area contributed by atoms with Crippen LogP contribution in [-0.4, -0.2) is 5.11 Å². The maximum absolute atomic E-state index is 12.8. The van der Waals surface area contributed by atoms with E-state index in [1.165, 1.54) is 6.07 Å². The topological polar surface area (TPSA) is 44.0 Å². The van der Waals surface area contributed by atoms with Crippen molar-refractivity contribution in [3.63, 3.8) is 0 Å². The number of halogens is 2. The monoisotopic (exact) mass is 211 g/mol. The van der Waals surface area contributed by atoms with E-state index in [-0.39, 0.29) is 5.56 Å². The summed E-state index contributed by atoms with van der Waals surface area (Å²) in [7, 11) is 0. The molecule has 1 aromatic rings. The molecule has 4 heteroatoms. The summed E-state index contributed by atoms with van der Waals surface area (Å²) < 4.78 is 25.4. The molecule has 0 saturated carbocycles. The smallest absolute Gasteiger partial charge is 0.159 e. The van der Waals surface area contributed by atoms with Crippen molar-refractivity contribution < 1.29 is 13.9 Å². The number of nitrogens with zero attached hydrogens (tertiary/aromatic N) is 1. The van der Waals surface area contributed by atoms with Gasteiger partial charge >= 0.3 is 0 Å². The second-order valence-corrected chi connectivity index (χ2v) is 3.26. The minimum Gasteiger partial charge on any atom is -0.387 e. The van der Waals surface area contributed by atoms with Crippen LogP contribution >= 0.6 is 0 Å². The first-order chi connectivity index (χ1) is 7.10. The Morgan fingerprint density at radius 1 is 1.40 bits per heavy atom. The first-order valence-corrected chi connectivity index (χ1v) is 4.62. The van der Waals surface area contributed by atoms with E-state index in [0.717, 1.165) is 12.1 Å². The van der Waals surface area contributed by atoms with Crippen LogP contribution in [0.4, 0.5) is 8.78 Å². The lowest BCUT2D eigenvalue weighted by Crippen LogP contribution is -2.10. The van der Waals surface area contributed by atoms with Crippen molar-refractivity contribution >= 4 is 0 Å². The molecule has 0 radical (unpaired) electrons. The molecule has 15 heavy (non-hydrogen) atoms. The predicted molar refractivity (Wildman–Crippen MR) is 50.7 cm³/mol. The summed E-state index contributed by atoms with van der Waals surface area (Å²) in [5.74, 6) is -2.58. The van der Waals surface area contributed by atoms with Gasteiger partial charge in [0.2, 0.25) is 0 Å². The zero-order valence-corrected chi connectivity index (χ0v) is 8.24. The quantitative estimate of drug-likeness (QED) is 0.834. The van der Waals surface area contributed by atoms with E-state index in [4.69, 9.17) is 5.26 Å². The normalized spacial score (nSPS) is 14.3. The Morgan fingerprint density at radius 2 is 2.07 bits per heavy atom. The van der Waals surface area contributed by atoms with Gasteiger partial charge in [0, 0.05) is 0 Å². The predicted octanol–water partition coefficient (Wildman–Crippen LogP) is 2.55. The fraction of sp³-hybridized carbons (Fsp3) is 0.364. The number of benzene rings is 1. The molecule has 0 amide bonds. The van der Waals surface area contributed by atoms with Gasteiger partial charge in [0.25, 0.3) is 0 Å². The average Bonchev–Trinajstić information content (AvgIpc) is 2.23. The molecule has 0 aromatic heterocycles. The number of nitriles is 1. The Kier molecular flexibility index (Phi) is 3.75. The highest BCUT2D eigenvalue weighted by Gasteiger charge is 2.19. The zero-order valence-electron chi connectivity index (χ0n) is 8.24. The average molecular weight is 211 g/mol. The van der Waals surface area contributed by atoms with Crippen LogP contribution in [0.2, 0.25) is 0 Å². The Bertz CT molecular complexity index is 387. The van der Waals surface area contributed by atoms with Crippen LogP contribution in [0.15, 0.2) is 18.2 Å². The van der Waals surface area contributed by atoms with Gasteiger partial charge in [-0.15, -0.1) is 0 Å². The maximum Gasteiger partial charge on any atom is 0.159 e. The molecule has 1 rings (SSSR count). The molecule has 0 aliphatic carbocycles. The van der Waals surface area contributed by atoms with Crippen LogP contribution in [0, 0.1) is 28.9 Å². The van der Waals surface area contributed by atoms with E-state index >= 15 is 0 Å². The highest BCUT2D eigenvalue weighted by molar-refractivity contribution is 5.21. The lowest BCUT2D eigenvalue weighted by Gasteiger charge is -2.15. The molecule has 80 valence electrons. The largest absolute Gasteiger partial charge is 0.387 e. The Labute approximate surface area is 86.8 Å². The second kappa shape index (κ2) is 4.85. The molecule has 0 saturated heterocycles.